The first kappa shape index (κ1) is 12.6. The van der Waals surface area contributed by atoms with Crippen LogP contribution in [0, 0.1) is 0 Å². The number of rotatable bonds is 3. The molecule has 2 aromatic rings. The van der Waals surface area contributed by atoms with Crippen LogP contribution in [-0.2, 0) is 0 Å². The number of phenolic OH excluding ortho intramolecular Hbond substituents is 2. The molecule has 0 spiro atoms. The van der Waals surface area contributed by atoms with Crippen LogP contribution in [0.5, 0.6) is 11.5 Å². The fourth-order valence-electron chi connectivity index (χ4n) is 1.52. The average Bonchev–Trinajstić information content (AvgIpc) is 2.38. The summed E-state index contributed by atoms with van der Waals surface area (Å²) in [5.74, 6) is -0.621. The van der Waals surface area contributed by atoms with E-state index in [4.69, 9.17) is 10.8 Å². The van der Waals surface area contributed by atoms with E-state index in [1.807, 2.05) is 0 Å². The summed E-state index contributed by atoms with van der Waals surface area (Å²) >= 11 is 0. The van der Waals surface area contributed by atoms with Crippen LogP contribution in [0.2, 0.25) is 0 Å². The van der Waals surface area contributed by atoms with Crippen molar-refractivity contribution in [2.24, 2.45) is 10.7 Å². The van der Waals surface area contributed by atoms with Crippen molar-refractivity contribution >= 4 is 17.8 Å². The molecule has 0 atom stereocenters. The third-order valence-electron chi connectivity index (χ3n) is 2.50. The molecule has 0 aliphatic heterocycles. The molecule has 0 fully saturated rings. The number of aromatic hydroxyl groups is 2. The fraction of sp³-hybridized carbons (Fsp3) is 0. The van der Waals surface area contributed by atoms with Gasteiger partial charge < -0.3 is 15.9 Å². The van der Waals surface area contributed by atoms with Gasteiger partial charge in [0.2, 0.25) is 5.91 Å². The Morgan fingerprint density at radius 2 is 1.95 bits per heavy atom. The largest absolute Gasteiger partial charge is 0.508 e. The van der Waals surface area contributed by atoms with Crippen LogP contribution in [-0.4, -0.2) is 22.3 Å². The molecular formula is C14H12N2O3. The first-order valence-electron chi connectivity index (χ1n) is 5.52. The van der Waals surface area contributed by atoms with Crippen molar-refractivity contribution in [2.75, 3.05) is 0 Å². The number of nitrogens with zero attached hydrogens (tertiary/aromatic N) is 1. The molecule has 5 heteroatoms. The summed E-state index contributed by atoms with van der Waals surface area (Å²) in [6, 6.07) is 10.7. The van der Waals surface area contributed by atoms with E-state index in [1.54, 1.807) is 24.3 Å². The zero-order valence-electron chi connectivity index (χ0n) is 9.95. The molecule has 4 N–H and O–H groups in total. The van der Waals surface area contributed by atoms with E-state index < -0.39 is 5.91 Å². The van der Waals surface area contributed by atoms with Crippen LogP contribution >= 0.6 is 0 Å². The zero-order chi connectivity index (χ0) is 13.8. The first-order chi connectivity index (χ1) is 9.06. The highest BCUT2D eigenvalue weighted by atomic mass is 16.3. The van der Waals surface area contributed by atoms with Crippen molar-refractivity contribution < 1.29 is 15.0 Å². The van der Waals surface area contributed by atoms with Gasteiger partial charge in [-0.3, -0.25) is 9.79 Å². The Morgan fingerprint density at radius 3 is 2.63 bits per heavy atom. The van der Waals surface area contributed by atoms with Crippen LogP contribution < -0.4 is 5.73 Å². The van der Waals surface area contributed by atoms with Gasteiger partial charge in [-0.15, -0.1) is 0 Å². The standard InChI is InChI=1S/C14H12N2O3/c15-14(19)9-2-1-3-11(6-9)16-8-10-4-5-12(17)7-13(10)18/h1-8,17-18H,(H2,15,19). The van der Waals surface area contributed by atoms with Crippen LogP contribution in [0.15, 0.2) is 47.5 Å². The molecular weight excluding hydrogens is 244 g/mol. The van der Waals surface area contributed by atoms with Crippen molar-refractivity contribution in [3.63, 3.8) is 0 Å². The number of carbonyl (C=O) groups is 1. The first-order valence-corrected chi connectivity index (χ1v) is 5.52. The Kier molecular flexibility index (Phi) is 3.47. The van der Waals surface area contributed by atoms with Gasteiger partial charge in [-0.05, 0) is 30.3 Å². The van der Waals surface area contributed by atoms with Gasteiger partial charge in [-0.1, -0.05) is 6.07 Å². The van der Waals surface area contributed by atoms with Crippen molar-refractivity contribution in [1.82, 2.24) is 0 Å². The maximum absolute atomic E-state index is 11.0. The lowest BCUT2D eigenvalue weighted by molar-refractivity contribution is 0.100. The van der Waals surface area contributed by atoms with Crippen molar-refractivity contribution in [3.8, 4) is 11.5 Å². The second kappa shape index (κ2) is 5.22. The van der Waals surface area contributed by atoms with Gasteiger partial charge in [0.1, 0.15) is 11.5 Å². The lowest BCUT2D eigenvalue weighted by atomic mass is 10.2. The molecule has 0 bridgehead atoms. The van der Waals surface area contributed by atoms with Crippen molar-refractivity contribution in [2.45, 2.75) is 0 Å². The highest BCUT2D eigenvalue weighted by Crippen LogP contribution is 2.22. The van der Waals surface area contributed by atoms with E-state index >= 15 is 0 Å². The summed E-state index contributed by atoms with van der Waals surface area (Å²) in [4.78, 5) is 15.2. The third-order valence-corrected chi connectivity index (χ3v) is 2.50. The number of amides is 1. The number of nitrogens with two attached hydrogens (primary N) is 1. The Morgan fingerprint density at radius 1 is 1.16 bits per heavy atom. The van der Waals surface area contributed by atoms with Gasteiger partial charge in [0.05, 0.1) is 5.69 Å². The quantitative estimate of drug-likeness (QED) is 0.732. The van der Waals surface area contributed by atoms with Gasteiger partial charge in [-0.25, -0.2) is 0 Å². The molecule has 0 aliphatic carbocycles. The zero-order valence-corrected chi connectivity index (χ0v) is 9.95. The summed E-state index contributed by atoms with van der Waals surface area (Å²) in [7, 11) is 0. The van der Waals surface area contributed by atoms with Crippen molar-refractivity contribution in [3.05, 3.63) is 53.6 Å². The minimum atomic E-state index is -0.524. The van der Waals surface area contributed by atoms with E-state index in [0.29, 0.717) is 16.8 Å². The van der Waals surface area contributed by atoms with Gasteiger partial charge >= 0.3 is 0 Å². The number of carbonyl (C=O) groups excluding carboxylic acids is 1. The molecule has 5 nitrogen and oxygen atoms in total. The number of aliphatic imine (C=N–C) groups is 1. The Balaban J connectivity index is 2.27. The molecule has 0 radical (unpaired) electrons. The van der Waals surface area contributed by atoms with E-state index in [9.17, 15) is 9.90 Å². The lowest BCUT2D eigenvalue weighted by Gasteiger charge is -2.00. The lowest BCUT2D eigenvalue weighted by Crippen LogP contribution is -2.10. The number of benzene rings is 2. The Hall–Kier alpha value is -2.82. The molecule has 0 heterocycles. The Bertz CT molecular complexity index is 651. The minimum Gasteiger partial charge on any atom is -0.508 e. The number of hydrogen-bond donors (Lipinski definition) is 3. The highest BCUT2D eigenvalue weighted by Gasteiger charge is 2.01. The van der Waals surface area contributed by atoms with Crippen molar-refractivity contribution in [1.29, 1.82) is 0 Å². The monoisotopic (exact) mass is 256 g/mol. The summed E-state index contributed by atoms with van der Waals surface area (Å²) in [5.41, 5.74) is 6.54. The summed E-state index contributed by atoms with van der Waals surface area (Å²) in [6.07, 6.45) is 1.44. The van der Waals surface area contributed by atoms with Crippen LogP contribution in [0.25, 0.3) is 0 Å². The molecule has 19 heavy (non-hydrogen) atoms. The normalized spacial score (nSPS) is 10.7. The fourth-order valence-corrected chi connectivity index (χ4v) is 1.52. The maximum Gasteiger partial charge on any atom is 0.248 e. The second-order valence-electron chi connectivity index (χ2n) is 3.92. The van der Waals surface area contributed by atoms with Gasteiger partial charge in [0, 0.05) is 23.4 Å². The van der Waals surface area contributed by atoms with Crippen LogP contribution in [0.4, 0.5) is 5.69 Å². The smallest absolute Gasteiger partial charge is 0.248 e. The SMILES string of the molecule is NC(=O)c1cccc(N=Cc2ccc(O)cc2O)c1. The molecule has 96 valence electrons. The molecule has 1 amide bonds. The molecule has 0 aliphatic rings. The van der Waals surface area contributed by atoms with Crippen LogP contribution in [0.3, 0.4) is 0 Å². The van der Waals surface area contributed by atoms with E-state index in [0.717, 1.165) is 0 Å². The third kappa shape index (κ3) is 3.10. The van der Waals surface area contributed by atoms with Gasteiger partial charge in [0.25, 0.3) is 0 Å². The molecule has 0 unspecified atom stereocenters. The topological polar surface area (TPSA) is 95.9 Å². The number of primary amides is 1. The molecule has 0 saturated carbocycles. The molecule has 0 aromatic heterocycles. The van der Waals surface area contributed by atoms with Crippen LogP contribution in [0.1, 0.15) is 15.9 Å². The summed E-state index contributed by atoms with van der Waals surface area (Å²) in [5, 5.41) is 18.8. The summed E-state index contributed by atoms with van der Waals surface area (Å²) in [6.45, 7) is 0. The van der Waals surface area contributed by atoms with E-state index in [2.05, 4.69) is 4.99 Å². The van der Waals surface area contributed by atoms with E-state index in [-0.39, 0.29) is 11.5 Å². The Labute approximate surface area is 109 Å². The van der Waals surface area contributed by atoms with Gasteiger partial charge in [0.15, 0.2) is 0 Å². The molecule has 0 saturated heterocycles. The molecule has 2 rings (SSSR count). The van der Waals surface area contributed by atoms with Gasteiger partial charge in [-0.2, -0.15) is 0 Å². The number of hydrogen-bond acceptors (Lipinski definition) is 4. The predicted octanol–water partition coefficient (Wildman–Crippen LogP) is 1.95. The minimum absolute atomic E-state index is 0.0228. The molecule has 2 aromatic carbocycles. The van der Waals surface area contributed by atoms with E-state index in [1.165, 1.54) is 24.4 Å². The maximum atomic E-state index is 11.0. The highest BCUT2D eigenvalue weighted by molar-refractivity contribution is 5.94. The average molecular weight is 256 g/mol. The number of phenols is 2. The predicted molar refractivity (Wildman–Crippen MR) is 72.0 cm³/mol. The second-order valence-corrected chi connectivity index (χ2v) is 3.92. The summed E-state index contributed by atoms with van der Waals surface area (Å²) < 4.78 is 0.